The second-order valence-corrected chi connectivity index (χ2v) is 12.5. The summed E-state index contributed by atoms with van der Waals surface area (Å²) >= 11 is 3.72. The zero-order chi connectivity index (χ0) is 25.0. The van der Waals surface area contributed by atoms with Gasteiger partial charge in [-0.1, -0.05) is 42.5 Å². The molecule has 3 aromatic rings. The minimum atomic E-state index is -1.36. The van der Waals surface area contributed by atoms with E-state index in [0.29, 0.717) is 22.8 Å². The van der Waals surface area contributed by atoms with E-state index in [9.17, 15) is 5.11 Å². The fourth-order valence-corrected chi connectivity index (χ4v) is 10.1. The van der Waals surface area contributed by atoms with Gasteiger partial charge in [-0.25, -0.2) is 0 Å². The molecule has 1 unspecified atom stereocenters. The Morgan fingerprint density at radius 2 is 1.56 bits per heavy atom. The van der Waals surface area contributed by atoms with E-state index < -0.39 is 15.3 Å². The molecule has 3 aromatic carbocycles. The lowest BCUT2D eigenvalue weighted by Gasteiger charge is -2.47. The van der Waals surface area contributed by atoms with Crippen LogP contribution in [0.4, 0.5) is 0 Å². The number of fused-ring (bicyclic) bond motifs is 4. The minimum absolute atomic E-state index is 0.0988. The third kappa shape index (κ3) is 3.09. The van der Waals surface area contributed by atoms with Gasteiger partial charge in [-0.15, -0.1) is 23.5 Å². The molecule has 2 fully saturated rings. The summed E-state index contributed by atoms with van der Waals surface area (Å²) in [5, 5.41) is 13.4. The molecule has 1 aliphatic carbocycles. The maximum absolute atomic E-state index is 13.4. The fourth-order valence-electron chi connectivity index (χ4n) is 6.32. The van der Waals surface area contributed by atoms with Gasteiger partial charge in [0.25, 0.3) is 0 Å². The molecule has 0 aromatic heterocycles. The van der Waals surface area contributed by atoms with E-state index in [1.165, 1.54) is 0 Å². The van der Waals surface area contributed by atoms with Crippen molar-refractivity contribution in [2.75, 3.05) is 32.8 Å². The zero-order valence-corrected chi connectivity index (χ0v) is 22.3. The first-order valence-corrected chi connectivity index (χ1v) is 14.2. The molecule has 1 saturated carbocycles. The monoisotopic (exact) mass is 522 g/mol. The van der Waals surface area contributed by atoms with Crippen LogP contribution in [0.15, 0.2) is 66.7 Å². The molecule has 1 saturated heterocycles. The van der Waals surface area contributed by atoms with Gasteiger partial charge in [0, 0.05) is 18.1 Å². The number of hydrogen-bond acceptors (Lipinski definition) is 7. The Labute approximate surface area is 220 Å². The Kier molecular flexibility index (Phi) is 5.85. The average Bonchev–Trinajstić information content (AvgIpc) is 3.33. The maximum atomic E-state index is 13.4. The van der Waals surface area contributed by atoms with Crippen molar-refractivity contribution in [1.82, 2.24) is 0 Å². The van der Waals surface area contributed by atoms with E-state index >= 15 is 0 Å². The Morgan fingerprint density at radius 3 is 2.19 bits per heavy atom. The number of ether oxygens (including phenoxy) is 4. The number of thioether (sulfide) groups is 2. The van der Waals surface area contributed by atoms with Crippen LogP contribution in [0.25, 0.3) is 0 Å². The van der Waals surface area contributed by atoms with Gasteiger partial charge in [-0.3, -0.25) is 0 Å². The Morgan fingerprint density at radius 1 is 0.861 bits per heavy atom. The predicted molar refractivity (Wildman–Crippen MR) is 145 cm³/mol. The standard InChI is InChI=1S/C29H30O5S2/c1-31-21-12-10-20(11-13-21)28-23(19-8-5-4-6-9-19)18-27(35-14-7-15-36-27)29(28,30)26-24(33-3)16-22(32-2)17-25(26)34-28/h4-6,8-13,16-17,23,30H,7,14-15,18H2,1-3H3/t23?,28-,29-/m0/s1. The molecule has 1 N–H and O–H groups in total. The summed E-state index contributed by atoms with van der Waals surface area (Å²) < 4.78 is 23.5. The van der Waals surface area contributed by atoms with E-state index in [0.717, 1.165) is 41.2 Å². The molecular formula is C29H30O5S2. The van der Waals surface area contributed by atoms with Crippen LogP contribution in [0.3, 0.4) is 0 Å². The second-order valence-electron chi connectivity index (χ2n) is 9.45. The average molecular weight is 523 g/mol. The van der Waals surface area contributed by atoms with E-state index in [1.54, 1.807) is 21.3 Å². The molecule has 36 heavy (non-hydrogen) atoms. The lowest BCUT2D eigenvalue weighted by Crippen LogP contribution is -2.55. The number of methoxy groups -OCH3 is 3. The zero-order valence-electron chi connectivity index (χ0n) is 20.7. The van der Waals surface area contributed by atoms with Gasteiger partial charge in [0.05, 0.1) is 31.0 Å². The lowest BCUT2D eigenvalue weighted by molar-refractivity contribution is -0.108. The third-order valence-corrected chi connectivity index (χ3v) is 11.4. The first-order valence-electron chi connectivity index (χ1n) is 12.2. The molecule has 0 radical (unpaired) electrons. The Bertz CT molecular complexity index is 1260. The molecular weight excluding hydrogens is 492 g/mol. The van der Waals surface area contributed by atoms with E-state index in [-0.39, 0.29) is 5.92 Å². The van der Waals surface area contributed by atoms with Gasteiger partial charge in [-0.05, 0) is 47.6 Å². The summed E-state index contributed by atoms with van der Waals surface area (Å²) in [7, 11) is 4.94. The number of hydrogen-bond donors (Lipinski definition) is 1. The van der Waals surface area contributed by atoms with Gasteiger partial charge in [0.1, 0.15) is 23.0 Å². The molecule has 6 rings (SSSR count). The van der Waals surface area contributed by atoms with Crippen molar-refractivity contribution < 1.29 is 24.1 Å². The van der Waals surface area contributed by atoms with E-state index in [1.807, 2.05) is 66.0 Å². The van der Waals surface area contributed by atoms with Crippen molar-refractivity contribution in [3.63, 3.8) is 0 Å². The lowest BCUT2D eigenvalue weighted by atomic mass is 9.71. The number of benzene rings is 3. The molecule has 188 valence electrons. The third-order valence-electron chi connectivity index (χ3n) is 7.86. The molecule has 5 nitrogen and oxygen atoms in total. The van der Waals surface area contributed by atoms with Crippen molar-refractivity contribution in [3.05, 3.63) is 83.4 Å². The minimum Gasteiger partial charge on any atom is -0.497 e. The van der Waals surface area contributed by atoms with Crippen LogP contribution in [-0.2, 0) is 11.2 Å². The summed E-state index contributed by atoms with van der Waals surface area (Å²) in [6.45, 7) is 0. The number of aliphatic hydroxyl groups is 1. The van der Waals surface area contributed by atoms with Crippen molar-refractivity contribution in [2.45, 2.75) is 34.0 Å². The summed E-state index contributed by atoms with van der Waals surface area (Å²) in [6.07, 6.45) is 1.88. The quantitative estimate of drug-likeness (QED) is 0.445. The normalized spacial score (nSPS) is 27.7. The topological polar surface area (TPSA) is 57.2 Å². The van der Waals surface area contributed by atoms with Crippen molar-refractivity contribution >= 4 is 23.5 Å². The van der Waals surface area contributed by atoms with E-state index in [4.69, 9.17) is 18.9 Å². The molecule has 2 heterocycles. The molecule has 0 amide bonds. The van der Waals surface area contributed by atoms with Crippen molar-refractivity contribution in [1.29, 1.82) is 0 Å². The molecule has 2 aliphatic heterocycles. The van der Waals surface area contributed by atoms with Crippen molar-refractivity contribution in [3.8, 4) is 23.0 Å². The van der Waals surface area contributed by atoms with Gasteiger partial charge in [0.2, 0.25) is 0 Å². The first kappa shape index (κ1) is 23.9. The highest BCUT2D eigenvalue weighted by atomic mass is 32.2. The van der Waals surface area contributed by atoms with Crippen LogP contribution >= 0.6 is 23.5 Å². The molecule has 1 spiro atoms. The first-order chi connectivity index (χ1) is 17.5. The van der Waals surface area contributed by atoms with Gasteiger partial charge >= 0.3 is 0 Å². The largest absolute Gasteiger partial charge is 0.497 e. The maximum Gasteiger partial charge on any atom is 0.176 e. The van der Waals surface area contributed by atoms with Crippen LogP contribution in [-0.4, -0.2) is 42.0 Å². The Hall–Kier alpha value is -2.48. The summed E-state index contributed by atoms with van der Waals surface area (Å²) in [6, 6.07) is 22.2. The summed E-state index contributed by atoms with van der Waals surface area (Å²) in [4.78, 5) is 0. The molecule has 7 heteroatoms. The summed E-state index contributed by atoms with van der Waals surface area (Å²) in [5.74, 6) is 4.47. The van der Waals surface area contributed by atoms with Gasteiger partial charge in [0.15, 0.2) is 11.2 Å². The Balaban J connectivity index is 1.69. The van der Waals surface area contributed by atoms with Crippen molar-refractivity contribution in [2.24, 2.45) is 0 Å². The predicted octanol–water partition coefficient (Wildman–Crippen LogP) is 5.94. The van der Waals surface area contributed by atoms with Gasteiger partial charge < -0.3 is 24.1 Å². The molecule has 0 bridgehead atoms. The second kappa shape index (κ2) is 8.82. The van der Waals surface area contributed by atoms with Crippen LogP contribution in [0.2, 0.25) is 0 Å². The molecule has 3 aliphatic rings. The van der Waals surface area contributed by atoms with Crippen LogP contribution in [0.5, 0.6) is 23.0 Å². The molecule has 3 atom stereocenters. The summed E-state index contributed by atoms with van der Waals surface area (Å²) in [5.41, 5.74) is 0.342. The fraction of sp³-hybridized carbons (Fsp3) is 0.379. The smallest absolute Gasteiger partial charge is 0.176 e. The highest BCUT2D eigenvalue weighted by Crippen LogP contribution is 2.77. The highest BCUT2D eigenvalue weighted by Gasteiger charge is 2.79. The van der Waals surface area contributed by atoms with Gasteiger partial charge in [-0.2, -0.15) is 0 Å². The number of rotatable bonds is 5. The van der Waals surface area contributed by atoms with Crippen LogP contribution in [0.1, 0.15) is 35.4 Å². The van der Waals surface area contributed by atoms with E-state index in [2.05, 4.69) is 24.3 Å². The van der Waals surface area contributed by atoms with Crippen LogP contribution < -0.4 is 18.9 Å². The van der Waals surface area contributed by atoms with Crippen LogP contribution in [0, 0.1) is 0 Å². The SMILES string of the molecule is COc1ccc([C@@]23Oc4cc(OC)cc(OC)c4[C@]2(O)C2(CC3c3ccccc3)SCCCS2)cc1. The highest BCUT2D eigenvalue weighted by molar-refractivity contribution is 8.18.